The molecule has 0 saturated carbocycles. The molecule has 1 fully saturated rings. The average molecular weight is 426 g/mol. The molecule has 0 bridgehead atoms. The molecule has 6 nitrogen and oxygen atoms in total. The van der Waals surface area contributed by atoms with E-state index in [1.807, 2.05) is 12.1 Å². The van der Waals surface area contributed by atoms with Crippen LogP contribution in [0, 0.1) is 5.82 Å². The minimum absolute atomic E-state index is 0.0278. The summed E-state index contributed by atoms with van der Waals surface area (Å²) in [6, 6.07) is 13.9. The SMILES string of the molecule is C[C@@H](Oc1ccccc1F)C(=O)NNC(=O)/C=C/c1ccc(N2CCCCCC2)cc1. The molecule has 164 valence electrons. The summed E-state index contributed by atoms with van der Waals surface area (Å²) in [4.78, 5) is 26.4. The van der Waals surface area contributed by atoms with Crippen LogP contribution in [0.4, 0.5) is 10.1 Å². The summed E-state index contributed by atoms with van der Waals surface area (Å²) >= 11 is 0. The van der Waals surface area contributed by atoms with Gasteiger partial charge in [0.25, 0.3) is 11.8 Å². The van der Waals surface area contributed by atoms with E-state index in [2.05, 4.69) is 27.9 Å². The van der Waals surface area contributed by atoms with Gasteiger partial charge in [0.2, 0.25) is 0 Å². The van der Waals surface area contributed by atoms with E-state index in [0.29, 0.717) is 0 Å². The minimum Gasteiger partial charge on any atom is -0.478 e. The van der Waals surface area contributed by atoms with Crippen molar-refractivity contribution in [3.63, 3.8) is 0 Å². The number of carbonyl (C=O) groups is 2. The summed E-state index contributed by atoms with van der Waals surface area (Å²) in [6.45, 7) is 3.63. The van der Waals surface area contributed by atoms with E-state index in [1.165, 1.54) is 62.6 Å². The van der Waals surface area contributed by atoms with Gasteiger partial charge in [0.15, 0.2) is 17.7 Å². The lowest BCUT2D eigenvalue weighted by atomic mass is 10.1. The quantitative estimate of drug-likeness (QED) is 0.545. The highest BCUT2D eigenvalue weighted by molar-refractivity contribution is 5.93. The van der Waals surface area contributed by atoms with E-state index in [1.54, 1.807) is 12.1 Å². The molecule has 0 aliphatic carbocycles. The zero-order valence-electron chi connectivity index (χ0n) is 17.6. The number of hydrogen-bond acceptors (Lipinski definition) is 4. The van der Waals surface area contributed by atoms with Crippen LogP contribution in [0.15, 0.2) is 54.6 Å². The minimum atomic E-state index is -0.979. The molecular formula is C24H28FN3O3. The van der Waals surface area contributed by atoms with Crippen LogP contribution in [0.1, 0.15) is 38.2 Å². The number of rotatable bonds is 6. The van der Waals surface area contributed by atoms with E-state index in [4.69, 9.17) is 4.74 Å². The van der Waals surface area contributed by atoms with Crippen molar-refractivity contribution in [1.29, 1.82) is 0 Å². The van der Waals surface area contributed by atoms with Crippen molar-refractivity contribution in [3.8, 4) is 5.75 Å². The van der Waals surface area contributed by atoms with Crippen molar-refractivity contribution < 1.29 is 18.7 Å². The molecule has 0 radical (unpaired) electrons. The molecular weight excluding hydrogens is 397 g/mol. The average Bonchev–Trinajstić information content (AvgIpc) is 3.07. The number of nitrogens with zero attached hydrogens (tertiary/aromatic N) is 1. The Hall–Kier alpha value is -3.35. The number of nitrogens with one attached hydrogen (secondary N) is 2. The molecule has 0 unspecified atom stereocenters. The molecule has 1 aliphatic rings. The number of hydrogen-bond donors (Lipinski definition) is 2. The number of halogens is 1. The number of hydrazine groups is 1. The third kappa shape index (κ3) is 6.84. The number of amides is 2. The second-order valence-corrected chi connectivity index (χ2v) is 7.50. The van der Waals surface area contributed by atoms with Crippen LogP contribution in [0.25, 0.3) is 6.08 Å². The van der Waals surface area contributed by atoms with E-state index in [0.717, 1.165) is 18.7 Å². The number of benzene rings is 2. The van der Waals surface area contributed by atoms with Gasteiger partial charge in [-0.05, 0) is 55.7 Å². The highest BCUT2D eigenvalue weighted by Gasteiger charge is 2.16. The fraction of sp³-hybridized carbons (Fsp3) is 0.333. The Kier molecular flexibility index (Phi) is 8.04. The molecule has 2 aromatic rings. The lowest BCUT2D eigenvalue weighted by Gasteiger charge is -2.22. The summed E-state index contributed by atoms with van der Waals surface area (Å²) < 4.78 is 18.9. The van der Waals surface area contributed by atoms with Gasteiger partial charge in [0.05, 0.1) is 0 Å². The highest BCUT2D eigenvalue weighted by atomic mass is 19.1. The lowest BCUT2D eigenvalue weighted by molar-refractivity contribution is -0.131. The summed E-state index contributed by atoms with van der Waals surface area (Å²) in [6.07, 6.45) is 7.05. The molecule has 31 heavy (non-hydrogen) atoms. The lowest BCUT2D eigenvalue weighted by Crippen LogP contribution is -2.46. The Balaban J connectivity index is 1.45. The molecule has 2 amide bonds. The predicted octanol–water partition coefficient (Wildman–Crippen LogP) is 3.83. The maximum Gasteiger partial charge on any atom is 0.279 e. The third-order valence-electron chi connectivity index (χ3n) is 5.11. The van der Waals surface area contributed by atoms with Gasteiger partial charge in [-0.25, -0.2) is 4.39 Å². The number of para-hydroxylation sites is 1. The first kappa shape index (κ1) is 22.3. The second-order valence-electron chi connectivity index (χ2n) is 7.50. The molecule has 1 heterocycles. The fourth-order valence-electron chi connectivity index (χ4n) is 3.35. The zero-order chi connectivity index (χ0) is 22.1. The molecule has 2 aromatic carbocycles. The van der Waals surface area contributed by atoms with E-state index >= 15 is 0 Å². The molecule has 1 atom stereocenters. The Morgan fingerprint density at radius 3 is 2.35 bits per heavy atom. The van der Waals surface area contributed by atoms with Crippen molar-refractivity contribution >= 4 is 23.6 Å². The van der Waals surface area contributed by atoms with Gasteiger partial charge < -0.3 is 9.64 Å². The van der Waals surface area contributed by atoms with Gasteiger partial charge in [-0.3, -0.25) is 20.4 Å². The first-order valence-corrected chi connectivity index (χ1v) is 10.6. The molecule has 0 aromatic heterocycles. The first-order chi connectivity index (χ1) is 15.0. The molecule has 7 heteroatoms. The van der Waals surface area contributed by atoms with Crippen molar-refractivity contribution in [2.75, 3.05) is 18.0 Å². The Labute approximate surface area is 182 Å². The van der Waals surface area contributed by atoms with Crippen molar-refractivity contribution in [3.05, 3.63) is 66.0 Å². The molecule has 2 N–H and O–H groups in total. The topological polar surface area (TPSA) is 70.7 Å². The number of anilines is 1. The summed E-state index contributed by atoms with van der Waals surface area (Å²) in [5, 5.41) is 0. The van der Waals surface area contributed by atoms with Crippen LogP contribution in [-0.4, -0.2) is 31.0 Å². The van der Waals surface area contributed by atoms with Gasteiger partial charge in [-0.15, -0.1) is 0 Å². The largest absolute Gasteiger partial charge is 0.478 e. The van der Waals surface area contributed by atoms with Crippen LogP contribution >= 0.6 is 0 Å². The number of ether oxygens (including phenoxy) is 1. The van der Waals surface area contributed by atoms with Crippen LogP contribution in [0.2, 0.25) is 0 Å². The molecule has 0 spiro atoms. The Morgan fingerprint density at radius 1 is 1.00 bits per heavy atom. The van der Waals surface area contributed by atoms with Gasteiger partial charge in [-0.2, -0.15) is 0 Å². The monoisotopic (exact) mass is 425 g/mol. The summed E-state index contributed by atoms with van der Waals surface area (Å²) in [5.74, 6) is -1.66. The maximum atomic E-state index is 13.6. The van der Waals surface area contributed by atoms with E-state index in [9.17, 15) is 14.0 Å². The van der Waals surface area contributed by atoms with Crippen LogP contribution < -0.4 is 20.5 Å². The van der Waals surface area contributed by atoms with Gasteiger partial charge in [0.1, 0.15) is 0 Å². The van der Waals surface area contributed by atoms with E-state index in [-0.39, 0.29) is 5.75 Å². The third-order valence-corrected chi connectivity index (χ3v) is 5.11. The van der Waals surface area contributed by atoms with Gasteiger partial charge in [-0.1, -0.05) is 37.1 Å². The van der Waals surface area contributed by atoms with E-state index < -0.39 is 23.7 Å². The smallest absolute Gasteiger partial charge is 0.279 e. The Bertz CT molecular complexity index is 907. The number of carbonyl (C=O) groups excluding carboxylic acids is 2. The maximum absolute atomic E-state index is 13.6. The highest BCUT2D eigenvalue weighted by Crippen LogP contribution is 2.20. The zero-order valence-corrected chi connectivity index (χ0v) is 17.6. The van der Waals surface area contributed by atoms with Crippen LogP contribution in [0.5, 0.6) is 5.75 Å². The normalized spacial score (nSPS) is 15.2. The summed E-state index contributed by atoms with van der Waals surface area (Å²) in [7, 11) is 0. The van der Waals surface area contributed by atoms with Crippen molar-refractivity contribution in [2.45, 2.75) is 38.7 Å². The molecule has 1 aliphatic heterocycles. The van der Waals surface area contributed by atoms with Gasteiger partial charge >= 0.3 is 0 Å². The van der Waals surface area contributed by atoms with Gasteiger partial charge in [0, 0.05) is 24.9 Å². The summed E-state index contributed by atoms with van der Waals surface area (Å²) in [5.41, 5.74) is 6.65. The standard InChI is InChI=1S/C24H28FN3O3/c1-18(31-22-9-5-4-8-21(22)25)24(30)27-26-23(29)15-12-19-10-13-20(14-11-19)28-16-6-2-3-7-17-28/h4-5,8-15,18H,2-3,6-7,16-17H2,1H3,(H,26,29)(H,27,30)/b15-12+/t18-/m1/s1. The Morgan fingerprint density at radius 2 is 1.68 bits per heavy atom. The van der Waals surface area contributed by atoms with Crippen LogP contribution in [-0.2, 0) is 9.59 Å². The molecule has 3 rings (SSSR count). The molecule has 1 saturated heterocycles. The first-order valence-electron chi connectivity index (χ1n) is 10.6. The van der Waals surface area contributed by atoms with Crippen molar-refractivity contribution in [2.24, 2.45) is 0 Å². The van der Waals surface area contributed by atoms with Crippen LogP contribution in [0.3, 0.4) is 0 Å². The van der Waals surface area contributed by atoms with Crippen molar-refractivity contribution in [1.82, 2.24) is 10.9 Å². The fourth-order valence-corrected chi connectivity index (χ4v) is 3.35. The predicted molar refractivity (Wildman–Crippen MR) is 119 cm³/mol. The second kappa shape index (κ2) is 11.2.